The lowest BCUT2D eigenvalue weighted by molar-refractivity contribution is -0.137. The SMILES string of the molecule is CC1(C)OCC(CNS(=O)(=O)c2cccnc2Cl)O1. The molecule has 1 aliphatic heterocycles. The van der Waals surface area contributed by atoms with E-state index in [0.717, 1.165) is 0 Å². The summed E-state index contributed by atoms with van der Waals surface area (Å²) in [4.78, 5) is 3.69. The molecule has 1 atom stereocenters. The zero-order chi connectivity index (χ0) is 14.1. The minimum Gasteiger partial charge on any atom is -0.348 e. The van der Waals surface area contributed by atoms with Gasteiger partial charge in [0, 0.05) is 12.7 Å². The van der Waals surface area contributed by atoms with Gasteiger partial charge >= 0.3 is 0 Å². The molecule has 0 aromatic carbocycles. The van der Waals surface area contributed by atoms with Gasteiger partial charge in [-0.05, 0) is 26.0 Å². The van der Waals surface area contributed by atoms with Gasteiger partial charge in [-0.2, -0.15) is 0 Å². The van der Waals surface area contributed by atoms with Gasteiger partial charge in [-0.25, -0.2) is 18.1 Å². The summed E-state index contributed by atoms with van der Waals surface area (Å²) < 4.78 is 37.4. The van der Waals surface area contributed by atoms with E-state index in [1.807, 2.05) is 0 Å². The van der Waals surface area contributed by atoms with Crippen molar-refractivity contribution in [2.45, 2.75) is 30.6 Å². The molecule has 8 heteroatoms. The first-order valence-electron chi connectivity index (χ1n) is 5.72. The van der Waals surface area contributed by atoms with Gasteiger partial charge in [-0.3, -0.25) is 0 Å². The topological polar surface area (TPSA) is 77.5 Å². The van der Waals surface area contributed by atoms with Crippen molar-refractivity contribution in [3.63, 3.8) is 0 Å². The summed E-state index contributed by atoms with van der Waals surface area (Å²) in [6.45, 7) is 4.02. The van der Waals surface area contributed by atoms with E-state index >= 15 is 0 Å². The first-order chi connectivity index (χ1) is 8.80. The highest BCUT2D eigenvalue weighted by Crippen LogP contribution is 2.22. The van der Waals surface area contributed by atoms with Crippen LogP contribution in [-0.2, 0) is 19.5 Å². The Morgan fingerprint density at radius 3 is 2.89 bits per heavy atom. The molecule has 1 aromatic rings. The molecule has 2 heterocycles. The summed E-state index contributed by atoms with van der Waals surface area (Å²) in [5, 5.41) is -0.0566. The number of rotatable bonds is 4. The third-order valence-corrected chi connectivity index (χ3v) is 4.45. The van der Waals surface area contributed by atoms with Crippen LogP contribution in [0, 0.1) is 0 Å². The van der Waals surface area contributed by atoms with E-state index < -0.39 is 15.8 Å². The Balaban J connectivity index is 2.02. The standard InChI is InChI=1S/C11H15ClN2O4S/c1-11(2)17-7-8(18-11)6-14-19(15,16)9-4-3-5-13-10(9)12/h3-5,8,14H,6-7H2,1-2H3. The van der Waals surface area contributed by atoms with Gasteiger partial charge in [-0.15, -0.1) is 0 Å². The molecule has 106 valence electrons. The first kappa shape index (κ1) is 14.7. The smallest absolute Gasteiger partial charge is 0.243 e. The van der Waals surface area contributed by atoms with Crippen molar-refractivity contribution in [1.82, 2.24) is 9.71 Å². The summed E-state index contributed by atoms with van der Waals surface area (Å²) in [6, 6.07) is 2.91. The molecule has 0 spiro atoms. The summed E-state index contributed by atoms with van der Waals surface area (Å²) in [5.74, 6) is -0.679. The molecule has 1 fully saturated rings. The maximum Gasteiger partial charge on any atom is 0.243 e. The molecule has 2 rings (SSSR count). The second kappa shape index (κ2) is 5.34. The van der Waals surface area contributed by atoms with Gasteiger partial charge in [0.05, 0.1) is 12.7 Å². The fraction of sp³-hybridized carbons (Fsp3) is 0.545. The van der Waals surface area contributed by atoms with Crippen LogP contribution in [0.2, 0.25) is 5.15 Å². The average Bonchev–Trinajstić information content (AvgIpc) is 2.67. The highest BCUT2D eigenvalue weighted by atomic mass is 35.5. The molecule has 0 amide bonds. The summed E-state index contributed by atoms with van der Waals surface area (Å²) in [6.07, 6.45) is 1.11. The van der Waals surface area contributed by atoms with Crippen molar-refractivity contribution in [3.8, 4) is 0 Å². The van der Waals surface area contributed by atoms with Crippen molar-refractivity contribution in [1.29, 1.82) is 0 Å². The number of pyridine rings is 1. The van der Waals surface area contributed by atoms with Crippen LogP contribution in [-0.4, -0.2) is 38.4 Å². The average molecular weight is 307 g/mol. The number of ether oxygens (including phenoxy) is 2. The molecule has 1 saturated heterocycles. The van der Waals surface area contributed by atoms with Crippen LogP contribution in [0.5, 0.6) is 0 Å². The predicted molar refractivity (Wildman–Crippen MR) is 69.3 cm³/mol. The highest BCUT2D eigenvalue weighted by molar-refractivity contribution is 7.89. The molecular weight excluding hydrogens is 292 g/mol. The number of nitrogens with one attached hydrogen (secondary N) is 1. The van der Waals surface area contributed by atoms with Gasteiger partial charge in [0.15, 0.2) is 5.79 Å². The van der Waals surface area contributed by atoms with Gasteiger partial charge in [0.25, 0.3) is 0 Å². The first-order valence-corrected chi connectivity index (χ1v) is 7.58. The van der Waals surface area contributed by atoms with Crippen LogP contribution in [0.3, 0.4) is 0 Å². The Morgan fingerprint density at radius 1 is 1.58 bits per heavy atom. The Kier molecular flexibility index (Phi) is 4.12. The van der Waals surface area contributed by atoms with E-state index in [9.17, 15) is 8.42 Å². The number of sulfonamides is 1. The molecule has 1 unspecified atom stereocenters. The molecule has 1 aliphatic rings. The fourth-order valence-corrected chi connectivity index (χ4v) is 3.23. The third-order valence-electron chi connectivity index (χ3n) is 2.58. The van der Waals surface area contributed by atoms with Gasteiger partial charge < -0.3 is 9.47 Å². The Morgan fingerprint density at radius 2 is 2.32 bits per heavy atom. The van der Waals surface area contributed by atoms with E-state index in [4.69, 9.17) is 21.1 Å². The van der Waals surface area contributed by atoms with Crippen molar-refractivity contribution in [3.05, 3.63) is 23.5 Å². The predicted octanol–water partition coefficient (Wildman–Crippen LogP) is 1.16. The largest absolute Gasteiger partial charge is 0.348 e. The molecule has 1 N–H and O–H groups in total. The van der Waals surface area contributed by atoms with E-state index in [0.29, 0.717) is 6.61 Å². The monoisotopic (exact) mass is 306 g/mol. The number of halogens is 1. The van der Waals surface area contributed by atoms with Crippen molar-refractivity contribution >= 4 is 21.6 Å². The molecule has 0 saturated carbocycles. The van der Waals surface area contributed by atoms with Gasteiger partial charge in [-0.1, -0.05) is 11.6 Å². The van der Waals surface area contributed by atoms with E-state index in [2.05, 4.69) is 9.71 Å². The van der Waals surface area contributed by atoms with Crippen LogP contribution in [0.15, 0.2) is 23.2 Å². The number of aromatic nitrogens is 1. The van der Waals surface area contributed by atoms with Crippen LogP contribution in [0.1, 0.15) is 13.8 Å². The molecular formula is C11H15ClN2O4S. The van der Waals surface area contributed by atoms with E-state index in [1.165, 1.54) is 18.3 Å². The number of hydrogen-bond acceptors (Lipinski definition) is 5. The molecule has 1 aromatic heterocycles. The van der Waals surface area contributed by atoms with Gasteiger partial charge in [0.1, 0.15) is 10.0 Å². The third kappa shape index (κ3) is 3.64. The quantitative estimate of drug-likeness (QED) is 0.845. The van der Waals surface area contributed by atoms with Crippen LogP contribution in [0.4, 0.5) is 0 Å². The Labute approximate surface area is 117 Å². The van der Waals surface area contributed by atoms with Crippen molar-refractivity contribution in [2.24, 2.45) is 0 Å². The maximum atomic E-state index is 12.0. The Hall–Kier alpha value is -0.730. The second-order valence-corrected chi connectivity index (χ2v) is 6.69. The molecule has 0 radical (unpaired) electrons. The molecule has 6 nitrogen and oxygen atoms in total. The van der Waals surface area contributed by atoms with E-state index in [-0.39, 0.29) is 22.7 Å². The van der Waals surface area contributed by atoms with Crippen molar-refractivity contribution in [2.75, 3.05) is 13.2 Å². The molecule has 0 bridgehead atoms. The van der Waals surface area contributed by atoms with Crippen LogP contribution < -0.4 is 4.72 Å². The fourth-order valence-electron chi connectivity index (χ4n) is 1.72. The summed E-state index contributed by atoms with van der Waals surface area (Å²) in [7, 11) is -3.70. The number of nitrogens with zero attached hydrogens (tertiary/aromatic N) is 1. The lowest BCUT2D eigenvalue weighted by atomic mass is 10.4. The van der Waals surface area contributed by atoms with E-state index in [1.54, 1.807) is 13.8 Å². The minimum absolute atomic E-state index is 0.0464. The van der Waals surface area contributed by atoms with Crippen LogP contribution >= 0.6 is 11.6 Å². The zero-order valence-electron chi connectivity index (χ0n) is 10.6. The van der Waals surface area contributed by atoms with Crippen molar-refractivity contribution < 1.29 is 17.9 Å². The lowest BCUT2D eigenvalue weighted by Crippen LogP contribution is -2.34. The second-order valence-electron chi connectivity index (χ2n) is 4.59. The zero-order valence-corrected chi connectivity index (χ0v) is 12.2. The molecule has 19 heavy (non-hydrogen) atoms. The minimum atomic E-state index is -3.70. The summed E-state index contributed by atoms with van der Waals surface area (Å²) in [5.41, 5.74) is 0. The number of hydrogen-bond donors (Lipinski definition) is 1. The highest BCUT2D eigenvalue weighted by Gasteiger charge is 2.33. The lowest BCUT2D eigenvalue weighted by Gasteiger charge is -2.17. The summed E-state index contributed by atoms with van der Waals surface area (Å²) >= 11 is 5.76. The maximum absolute atomic E-state index is 12.0. The Bertz CT molecular complexity index is 562. The van der Waals surface area contributed by atoms with Gasteiger partial charge in [0.2, 0.25) is 10.0 Å². The molecule has 0 aliphatic carbocycles. The normalized spacial score (nSPS) is 22.6. The van der Waals surface area contributed by atoms with Crippen LogP contribution in [0.25, 0.3) is 0 Å².